The van der Waals surface area contributed by atoms with Crippen LogP contribution in [0.25, 0.3) is 0 Å². The normalized spacial score (nSPS) is 12.2. The van der Waals surface area contributed by atoms with E-state index in [4.69, 9.17) is 5.11 Å². The number of aromatic amines is 1. The fourth-order valence-electron chi connectivity index (χ4n) is 0.564. The summed E-state index contributed by atoms with van der Waals surface area (Å²) in [4.78, 5) is 10.5. The maximum atomic E-state index is 10.5. The van der Waals surface area contributed by atoms with Gasteiger partial charge in [-0.3, -0.25) is 0 Å². The highest BCUT2D eigenvalue weighted by atomic mass is 32.2. The number of aromatic nitrogens is 4. The first-order chi connectivity index (χ1) is 7.74. The second-order valence-corrected chi connectivity index (χ2v) is 5.75. The van der Waals surface area contributed by atoms with E-state index in [1.165, 1.54) is 0 Å². The number of hydrogen-bond donors (Lipinski definition) is 4. The lowest BCUT2D eigenvalue weighted by atomic mass is 10.3. The Kier molecular flexibility index (Phi) is 6.50. The summed E-state index contributed by atoms with van der Waals surface area (Å²) in [6, 6.07) is -0.800. The first-order valence-electron chi connectivity index (χ1n) is 4.22. The molecular weight excluding hydrogens is 270 g/mol. The Labute approximate surface area is 103 Å². The molecule has 1 atom stereocenters. The van der Waals surface area contributed by atoms with E-state index in [1.54, 1.807) is 0 Å². The maximum Gasteiger partial charge on any atom is 0.327 e. The number of nitrogens with one attached hydrogen (secondary N) is 2. The van der Waals surface area contributed by atoms with E-state index in [2.05, 4.69) is 38.6 Å². The van der Waals surface area contributed by atoms with Gasteiger partial charge in [0.2, 0.25) is 0 Å². The van der Waals surface area contributed by atoms with Gasteiger partial charge in [0, 0.05) is 18.3 Å². The van der Waals surface area contributed by atoms with Crippen molar-refractivity contribution in [3.63, 3.8) is 0 Å². The molecule has 11 heteroatoms. The van der Waals surface area contributed by atoms with E-state index in [0.717, 1.165) is 12.5 Å². The molecule has 1 heterocycles. The fourth-order valence-corrected chi connectivity index (χ4v) is 0.812. The Morgan fingerprint density at radius 3 is 2.41 bits per heavy atom. The number of carboxylic acid groups (broad SMARTS) is 1. The van der Waals surface area contributed by atoms with E-state index < -0.39 is 21.8 Å². The van der Waals surface area contributed by atoms with Gasteiger partial charge in [0.05, 0.1) is 0 Å². The van der Waals surface area contributed by atoms with E-state index >= 15 is 0 Å². The monoisotopic (exact) mass is 283 g/mol. The van der Waals surface area contributed by atoms with Crippen molar-refractivity contribution < 1.29 is 18.3 Å². The first-order valence-corrected chi connectivity index (χ1v) is 7.16. The second kappa shape index (κ2) is 7.06. The second-order valence-electron chi connectivity index (χ2n) is 3.10. The van der Waals surface area contributed by atoms with E-state index in [0.29, 0.717) is 0 Å². The van der Waals surface area contributed by atoms with Gasteiger partial charge in [0.1, 0.15) is 15.9 Å². The van der Waals surface area contributed by atoms with Gasteiger partial charge in [0.25, 0.3) is 5.95 Å². The summed E-state index contributed by atoms with van der Waals surface area (Å²) in [6.45, 7) is 0. The molecule has 0 aliphatic heterocycles. The van der Waals surface area contributed by atoms with Crippen LogP contribution in [0.1, 0.15) is 0 Å². The van der Waals surface area contributed by atoms with Gasteiger partial charge >= 0.3 is 5.97 Å². The molecule has 3 N–H and O–H groups in total. The molecule has 0 saturated carbocycles. The van der Waals surface area contributed by atoms with Crippen LogP contribution in [0.15, 0.2) is 0 Å². The van der Waals surface area contributed by atoms with Gasteiger partial charge in [-0.25, -0.2) is 13.2 Å². The number of thiol groups is 1. The quantitative estimate of drug-likeness (QED) is 0.498. The number of anilines is 1. The van der Waals surface area contributed by atoms with Crippen LogP contribution in [0, 0.1) is 0 Å². The fraction of sp³-hybridized carbons (Fsp3) is 0.667. The molecule has 0 amide bonds. The molecule has 0 unspecified atom stereocenters. The van der Waals surface area contributed by atoms with Crippen LogP contribution in [0.3, 0.4) is 0 Å². The van der Waals surface area contributed by atoms with Crippen LogP contribution in [0.4, 0.5) is 5.95 Å². The Balaban J connectivity index is 0.000000437. The van der Waals surface area contributed by atoms with Crippen molar-refractivity contribution in [1.82, 2.24) is 20.6 Å². The predicted molar refractivity (Wildman–Crippen MR) is 63.8 cm³/mol. The summed E-state index contributed by atoms with van der Waals surface area (Å²) in [5, 5.41) is 23.6. The molecule has 1 rings (SSSR count). The summed E-state index contributed by atoms with van der Waals surface area (Å²) in [7, 11) is -2.67. The van der Waals surface area contributed by atoms with Crippen LogP contribution < -0.4 is 5.32 Å². The smallest absolute Gasteiger partial charge is 0.327 e. The van der Waals surface area contributed by atoms with Crippen molar-refractivity contribution in [2.24, 2.45) is 0 Å². The largest absolute Gasteiger partial charge is 0.480 e. The number of carbonyl (C=O) groups is 1. The molecule has 0 bridgehead atoms. The number of hydrogen-bond acceptors (Lipinski definition) is 8. The summed E-state index contributed by atoms with van der Waals surface area (Å²) in [5.41, 5.74) is 0. The SMILES string of the molecule is CS(C)(=O)=O.O=C(O)[C@H](CS)Nc1nn[nH]n1. The number of H-pyrrole nitrogens is 1. The van der Waals surface area contributed by atoms with Gasteiger partial charge in [-0.15, -0.1) is 5.10 Å². The van der Waals surface area contributed by atoms with Gasteiger partial charge in [-0.05, 0) is 5.21 Å². The average molecular weight is 283 g/mol. The molecule has 98 valence electrons. The van der Waals surface area contributed by atoms with E-state index in [-0.39, 0.29) is 11.7 Å². The van der Waals surface area contributed by atoms with Gasteiger partial charge in [-0.1, -0.05) is 5.10 Å². The van der Waals surface area contributed by atoms with Crippen molar-refractivity contribution in [3.05, 3.63) is 0 Å². The number of sulfone groups is 1. The number of nitrogens with zero attached hydrogens (tertiary/aromatic N) is 3. The summed E-state index contributed by atoms with van der Waals surface area (Å²) < 4.78 is 19.3. The van der Waals surface area contributed by atoms with Crippen LogP contribution in [0.5, 0.6) is 0 Å². The molecular formula is C6H13N5O4S2. The minimum atomic E-state index is -2.67. The number of rotatable bonds is 4. The average Bonchev–Trinajstić information content (AvgIpc) is 2.63. The summed E-state index contributed by atoms with van der Waals surface area (Å²) >= 11 is 3.84. The lowest BCUT2D eigenvalue weighted by Gasteiger charge is -2.07. The molecule has 0 spiro atoms. The molecule has 1 aromatic rings. The molecule has 0 fully saturated rings. The molecule has 0 aromatic carbocycles. The highest BCUT2D eigenvalue weighted by Crippen LogP contribution is 1.97. The summed E-state index contributed by atoms with van der Waals surface area (Å²) in [5.74, 6) is -0.699. The Morgan fingerprint density at radius 1 is 1.59 bits per heavy atom. The highest BCUT2D eigenvalue weighted by Gasteiger charge is 2.16. The Hall–Kier alpha value is -1.36. The van der Waals surface area contributed by atoms with Crippen molar-refractivity contribution in [2.45, 2.75) is 6.04 Å². The molecule has 9 nitrogen and oxygen atoms in total. The molecule has 0 aliphatic carbocycles. The predicted octanol–water partition coefficient (Wildman–Crippen LogP) is -1.34. The van der Waals surface area contributed by atoms with E-state index in [1.807, 2.05) is 0 Å². The Morgan fingerprint density at radius 2 is 2.12 bits per heavy atom. The minimum Gasteiger partial charge on any atom is -0.480 e. The zero-order valence-electron chi connectivity index (χ0n) is 9.15. The zero-order valence-corrected chi connectivity index (χ0v) is 10.9. The van der Waals surface area contributed by atoms with Crippen molar-refractivity contribution >= 4 is 34.4 Å². The number of aliphatic carboxylic acids is 1. The minimum absolute atomic E-state index is 0.149. The van der Waals surface area contributed by atoms with Gasteiger partial charge in [0.15, 0.2) is 0 Å². The zero-order chi connectivity index (χ0) is 13.5. The molecule has 0 aliphatic rings. The Bertz CT molecular complexity index is 423. The third-order valence-corrected chi connectivity index (χ3v) is 1.49. The number of tetrazole rings is 1. The van der Waals surface area contributed by atoms with Gasteiger partial charge in [-0.2, -0.15) is 17.8 Å². The van der Waals surface area contributed by atoms with Crippen molar-refractivity contribution in [2.75, 3.05) is 23.6 Å². The maximum absolute atomic E-state index is 10.5. The van der Waals surface area contributed by atoms with Gasteiger partial charge < -0.3 is 10.4 Å². The topological polar surface area (TPSA) is 138 Å². The van der Waals surface area contributed by atoms with Crippen LogP contribution in [-0.4, -0.2) is 64.4 Å². The van der Waals surface area contributed by atoms with E-state index in [9.17, 15) is 13.2 Å². The first kappa shape index (κ1) is 15.6. The lowest BCUT2D eigenvalue weighted by molar-refractivity contribution is -0.137. The lowest BCUT2D eigenvalue weighted by Crippen LogP contribution is -2.31. The summed E-state index contributed by atoms with van der Waals surface area (Å²) in [6.07, 6.45) is 2.32. The molecule has 1 aromatic heterocycles. The molecule has 0 saturated heterocycles. The molecule has 0 radical (unpaired) electrons. The third-order valence-electron chi connectivity index (χ3n) is 1.13. The van der Waals surface area contributed by atoms with Crippen LogP contribution in [-0.2, 0) is 14.6 Å². The van der Waals surface area contributed by atoms with Crippen LogP contribution in [0.2, 0.25) is 0 Å². The van der Waals surface area contributed by atoms with Crippen LogP contribution >= 0.6 is 12.6 Å². The van der Waals surface area contributed by atoms with Crippen molar-refractivity contribution in [3.8, 4) is 0 Å². The number of carboxylic acids is 1. The molecule has 17 heavy (non-hydrogen) atoms. The standard InChI is InChI=1S/C4H7N5O2S.C2H6O2S/c10-3(11)2(1-12)5-4-6-8-9-7-4;1-5(2,3)4/h2,12H,1H2,(H,10,11)(H2,5,6,7,8,9);1-2H3/t2-;/m0./s1. The third kappa shape index (κ3) is 9.56. The van der Waals surface area contributed by atoms with Crippen molar-refractivity contribution in [1.29, 1.82) is 0 Å². The highest BCUT2D eigenvalue weighted by molar-refractivity contribution is 7.89.